The van der Waals surface area contributed by atoms with Crippen LogP contribution >= 0.6 is 0 Å². The van der Waals surface area contributed by atoms with Crippen molar-refractivity contribution >= 4 is 0 Å². The van der Waals surface area contributed by atoms with Crippen molar-refractivity contribution in [2.45, 2.75) is 72.1 Å². The second-order valence-electron chi connectivity index (χ2n) is 6.22. The zero-order valence-electron chi connectivity index (χ0n) is 13.7. The molecule has 1 fully saturated rings. The molecule has 1 unspecified atom stereocenters. The fourth-order valence-corrected chi connectivity index (χ4v) is 3.24. The van der Waals surface area contributed by atoms with E-state index in [4.69, 9.17) is 0 Å². The van der Waals surface area contributed by atoms with Gasteiger partial charge in [-0.3, -0.25) is 9.58 Å². The monoisotopic (exact) mass is 278 g/mol. The van der Waals surface area contributed by atoms with E-state index in [2.05, 4.69) is 60.7 Å². The summed E-state index contributed by atoms with van der Waals surface area (Å²) in [4.78, 5) is 2.62. The van der Waals surface area contributed by atoms with Crippen LogP contribution in [0, 0.1) is 6.92 Å². The molecule has 1 atom stereocenters. The Kier molecular flexibility index (Phi) is 4.86. The van der Waals surface area contributed by atoms with Gasteiger partial charge < -0.3 is 5.32 Å². The van der Waals surface area contributed by atoms with Gasteiger partial charge in [-0.1, -0.05) is 13.8 Å². The molecule has 1 aromatic rings. The van der Waals surface area contributed by atoms with Gasteiger partial charge in [0.25, 0.3) is 0 Å². The Morgan fingerprint density at radius 3 is 2.65 bits per heavy atom. The third kappa shape index (κ3) is 3.07. The third-order valence-corrected chi connectivity index (χ3v) is 4.91. The van der Waals surface area contributed by atoms with Gasteiger partial charge in [0.15, 0.2) is 0 Å². The Labute approximate surface area is 123 Å². The molecule has 1 aliphatic rings. The molecule has 1 aliphatic heterocycles. The van der Waals surface area contributed by atoms with Crippen molar-refractivity contribution in [3.63, 3.8) is 0 Å². The minimum atomic E-state index is 0.290. The van der Waals surface area contributed by atoms with Gasteiger partial charge in [0, 0.05) is 37.8 Å². The van der Waals surface area contributed by atoms with Gasteiger partial charge in [-0.25, -0.2) is 0 Å². The van der Waals surface area contributed by atoms with Gasteiger partial charge in [0.05, 0.1) is 11.4 Å². The van der Waals surface area contributed by atoms with E-state index in [0.29, 0.717) is 11.6 Å². The van der Waals surface area contributed by atoms with Crippen LogP contribution in [0.1, 0.15) is 51.9 Å². The molecular formula is C16H30N4. The number of hydrogen-bond acceptors (Lipinski definition) is 3. The molecule has 4 nitrogen and oxygen atoms in total. The van der Waals surface area contributed by atoms with Crippen molar-refractivity contribution in [3.05, 3.63) is 17.5 Å². The molecule has 0 aromatic carbocycles. The number of nitrogens with one attached hydrogen (secondary N) is 1. The molecule has 0 amide bonds. The molecule has 0 saturated carbocycles. The lowest BCUT2D eigenvalue weighted by Gasteiger charge is -2.46. The normalized spacial score (nSPS) is 23.1. The number of hydrogen-bond donors (Lipinski definition) is 1. The molecule has 1 saturated heterocycles. The second kappa shape index (κ2) is 6.27. The van der Waals surface area contributed by atoms with E-state index >= 15 is 0 Å². The second-order valence-corrected chi connectivity index (χ2v) is 6.22. The highest BCUT2D eigenvalue weighted by molar-refractivity contribution is 5.10. The summed E-state index contributed by atoms with van der Waals surface area (Å²) in [6.07, 6.45) is 2.39. The van der Waals surface area contributed by atoms with Crippen LogP contribution in [0.2, 0.25) is 0 Å². The van der Waals surface area contributed by atoms with E-state index in [1.54, 1.807) is 0 Å². The minimum absolute atomic E-state index is 0.290. The van der Waals surface area contributed by atoms with E-state index in [1.165, 1.54) is 18.5 Å². The van der Waals surface area contributed by atoms with Crippen LogP contribution in [0.15, 0.2) is 6.07 Å². The van der Waals surface area contributed by atoms with Crippen molar-refractivity contribution in [3.8, 4) is 0 Å². The molecule has 0 radical (unpaired) electrons. The summed E-state index contributed by atoms with van der Waals surface area (Å²) in [7, 11) is 0. The lowest BCUT2D eigenvalue weighted by molar-refractivity contribution is 0.0723. The zero-order chi connectivity index (χ0) is 14.8. The molecule has 0 aliphatic carbocycles. The van der Waals surface area contributed by atoms with Crippen LogP contribution < -0.4 is 5.32 Å². The first kappa shape index (κ1) is 15.5. The van der Waals surface area contributed by atoms with Crippen molar-refractivity contribution in [1.29, 1.82) is 0 Å². The highest BCUT2D eigenvalue weighted by Gasteiger charge is 2.35. The van der Waals surface area contributed by atoms with Crippen molar-refractivity contribution in [2.24, 2.45) is 0 Å². The van der Waals surface area contributed by atoms with Crippen molar-refractivity contribution < 1.29 is 0 Å². The summed E-state index contributed by atoms with van der Waals surface area (Å²) in [5.41, 5.74) is 2.76. The average molecular weight is 278 g/mol. The summed E-state index contributed by atoms with van der Waals surface area (Å²) in [6.45, 7) is 15.3. The van der Waals surface area contributed by atoms with Crippen LogP contribution in [-0.4, -0.2) is 39.4 Å². The Morgan fingerprint density at radius 1 is 1.35 bits per heavy atom. The summed E-state index contributed by atoms with van der Waals surface area (Å²) in [6, 6.07) is 2.82. The van der Waals surface area contributed by atoms with E-state index in [0.717, 1.165) is 31.9 Å². The highest BCUT2D eigenvalue weighted by Crippen LogP contribution is 2.24. The first-order valence-corrected chi connectivity index (χ1v) is 8.06. The van der Waals surface area contributed by atoms with E-state index in [1.807, 2.05) is 0 Å². The summed E-state index contributed by atoms with van der Waals surface area (Å²) >= 11 is 0. The van der Waals surface area contributed by atoms with Crippen LogP contribution in [0.25, 0.3) is 0 Å². The number of aromatic nitrogens is 2. The van der Waals surface area contributed by atoms with Crippen molar-refractivity contribution in [2.75, 3.05) is 13.1 Å². The van der Waals surface area contributed by atoms with E-state index < -0.39 is 0 Å². The Morgan fingerprint density at radius 2 is 2.05 bits per heavy atom. The molecule has 4 heteroatoms. The first-order valence-electron chi connectivity index (χ1n) is 8.06. The fourth-order valence-electron chi connectivity index (χ4n) is 3.24. The molecule has 1 aromatic heterocycles. The molecule has 0 bridgehead atoms. The lowest BCUT2D eigenvalue weighted by atomic mass is 9.88. The maximum Gasteiger partial charge on any atom is 0.0597 e. The van der Waals surface area contributed by atoms with Gasteiger partial charge in [-0.2, -0.15) is 5.10 Å². The van der Waals surface area contributed by atoms with Gasteiger partial charge in [-0.15, -0.1) is 0 Å². The Balaban J connectivity index is 2.13. The highest BCUT2D eigenvalue weighted by atomic mass is 15.3. The average Bonchev–Trinajstić information content (AvgIpc) is 2.81. The minimum Gasteiger partial charge on any atom is -0.308 e. The van der Waals surface area contributed by atoms with E-state index in [9.17, 15) is 0 Å². The number of piperazine rings is 1. The molecule has 2 rings (SSSR count). The largest absolute Gasteiger partial charge is 0.308 e. The summed E-state index contributed by atoms with van der Waals surface area (Å²) in [5.74, 6) is 0. The van der Waals surface area contributed by atoms with Crippen molar-refractivity contribution in [1.82, 2.24) is 20.0 Å². The quantitative estimate of drug-likeness (QED) is 0.898. The maximum absolute atomic E-state index is 4.57. The maximum atomic E-state index is 4.57. The standard InChI is InChI=1S/C16H30N4/c1-6-16(7-2)12-19(14(5)10-17-16)11-15-9-13(4)18-20(15)8-3/h9,14,17H,6-8,10-12H2,1-5H3. The number of nitrogens with zero attached hydrogens (tertiary/aromatic N) is 3. The number of rotatable bonds is 5. The predicted molar refractivity (Wildman–Crippen MR) is 83.8 cm³/mol. The SMILES string of the molecule is CCn1nc(C)cc1CN1CC(CC)(CC)NCC1C. The third-order valence-electron chi connectivity index (χ3n) is 4.91. The Hall–Kier alpha value is -0.870. The van der Waals surface area contributed by atoms with Gasteiger partial charge in [0.1, 0.15) is 0 Å². The first-order chi connectivity index (χ1) is 9.53. The van der Waals surface area contributed by atoms with Gasteiger partial charge in [0.2, 0.25) is 0 Å². The molecule has 114 valence electrons. The Bertz CT molecular complexity index is 434. The molecule has 2 heterocycles. The topological polar surface area (TPSA) is 33.1 Å². The molecule has 0 spiro atoms. The smallest absolute Gasteiger partial charge is 0.0597 e. The summed E-state index contributed by atoms with van der Waals surface area (Å²) in [5, 5.41) is 8.34. The van der Waals surface area contributed by atoms with Gasteiger partial charge >= 0.3 is 0 Å². The predicted octanol–water partition coefficient (Wildman–Crippen LogP) is 2.56. The molecule has 1 N–H and O–H groups in total. The van der Waals surface area contributed by atoms with Crippen LogP contribution in [-0.2, 0) is 13.1 Å². The van der Waals surface area contributed by atoms with Crippen LogP contribution in [0.3, 0.4) is 0 Å². The fraction of sp³-hybridized carbons (Fsp3) is 0.812. The zero-order valence-corrected chi connectivity index (χ0v) is 13.7. The molecule has 20 heavy (non-hydrogen) atoms. The van der Waals surface area contributed by atoms with Crippen LogP contribution in [0.5, 0.6) is 0 Å². The van der Waals surface area contributed by atoms with Gasteiger partial charge in [-0.05, 0) is 39.7 Å². The van der Waals surface area contributed by atoms with E-state index in [-0.39, 0.29) is 0 Å². The van der Waals surface area contributed by atoms with Crippen LogP contribution in [0.4, 0.5) is 0 Å². The lowest BCUT2D eigenvalue weighted by Crippen LogP contribution is -2.62. The number of aryl methyl sites for hydroxylation is 2. The molecular weight excluding hydrogens is 248 g/mol. The summed E-state index contributed by atoms with van der Waals surface area (Å²) < 4.78 is 2.14.